The number of hydrogen-bond acceptors (Lipinski definition) is 4. The highest BCUT2D eigenvalue weighted by atomic mass is 16.2. The van der Waals surface area contributed by atoms with Gasteiger partial charge in [0.2, 0.25) is 5.91 Å². The maximum Gasteiger partial charge on any atom is 0.267 e. The van der Waals surface area contributed by atoms with Crippen molar-refractivity contribution >= 4 is 5.91 Å². The monoisotopic (exact) mass is 372 g/mol. The SMILES string of the molecule is CN1CCCC(C(=O)NC2CCC(n3nc4c(cc3=O)CCCC4)CC2)C1. The van der Waals surface area contributed by atoms with Gasteiger partial charge in [-0.25, -0.2) is 4.68 Å². The highest BCUT2D eigenvalue weighted by Crippen LogP contribution is 2.28. The van der Waals surface area contributed by atoms with E-state index in [1.807, 2.05) is 6.07 Å². The summed E-state index contributed by atoms with van der Waals surface area (Å²) in [6.07, 6.45) is 10.1. The number of likely N-dealkylation sites (tertiary alicyclic amines) is 1. The molecular weight excluding hydrogens is 340 g/mol. The van der Waals surface area contributed by atoms with Crippen molar-refractivity contribution in [3.63, 3.8) is 0 Å². The van der Waals surface area contributed by atoms with Gasteiger partial charge in [0.15, 0.2) is 0 Å². The lowest BCUT2D eigenvalue weighted by Crippen LogP contribution is -2.46. The van der Waals surface area contributed by atoms with Gasteiger partial charge in [0.1, 0.15) is 0 Å². The first-order valence-electron chi connectivity index (χ1n) is 10.7. The fourth-order valence-corrected chi connectivity index (χ4v) is 5.00. The summed E-state index contributed by atoms with van der Waals surface area (Å²) in [5.41, 5.74) is 2.33. The largest absolute Gasteiger partial charge is 0.353 e. The number of hydrogen-bond donors (Lipinski definition) is 1. The summed E-state index contributed by atoms with van der Waals surface area (Å²) in [6, 6.07) is 2.24. The minimum atomic E-state index is 0.0494. The molecule has 1 atom stereocenters. The molecule has 0 aromatic carbocycles. The van der Waals surface area contributed by atoms with Crippen LogP contribution in [0.3, 0.4) is 0 Å². The van der Waals surface area contributed by atoms with Crippen molar-refractivity contribution in [3.8, 4) is 0 Å². The minimum absolute atomic E-state index is 0.0494. The van der Waals surface area contributed by atoms with Gasteiger partial charge in [-0.2, -0.15) is 5.10 Å². The van der Waals surface area contributed by atoms with Gasteiger partial charge < -0.3 is 10.2 Å². The molecule has 3 aliphatic rings. The van der Waals surface area contributed by atoms with Gasteiger partial charge in [-0.1, -0.05) is 0 Å². The summed E-state index contributed by atoms with van der Waals surface area (Å²) in [6.45, 7) is 1.97. The molecule has 1 unspecified atom stereocenters. The van der Waals surface area contributed by atoms with E-state index in [4.69, 9.17) is 5.10 Å². The van der Waals surface area contributed by atoms with Gasteiger partial charge in [-0.3, -0.25) is 9.59 Å². The molecule has 1 aromatic rings. The predicted molar refractivity (Wildman–Crippen MR) is 105 cm³/mol. The highest BCUT2D eigenvalue weighted by Gasteiger charge is 2.29. The van der Waals surface area contributed by atoms with E-state index in [9.17, 15) is 9.59 Å². The van der Waals surface area contributed by atoms with Crippen LogP contribution >= 0.6 is 0 Å². The van der Waals surface area contributed by atoms with Crippen molar-refractivity contribution in [2.75, 3.05) is 20.1 Å². The number of nitrogens with zero attached hydrogens (tertiary/aromatic N) is 3. The van der Waals surface area contributed by atoms with Gasteiger partial charge in [0, 0.05) is 18.7 Å². The molecule has 6 heteroatoms. The molecule has 2 aliphatic carbocycles. The number of amides is 1. The number of rotatable bonds is 3. The molecule has 1 N–H and O–H groups in total. The number of carbonyl (C=O) groups excluding carboxylic acids is 1. The van der Waals surface area contributed by atoms with E-state index in [0.29, 0.717) is 0 Å². The van der Waals surface area contributed by atoms with E-state index in [1.54, 1.807) is 4.68 Å². The van der Waals surface area contributed by atoms with Gasteiger partial charge >= 0.3 is 0 Å². The van der Waals surface area contributed by atoms with Crippen LogP contribution in [0.5, 0.6) is 0 Å². The maximum atomic E-state index is 12.6. The number of fused-ring (bicyclic) bond motifs is 1. The number of aromatic nitrogens is 2. The Labute approximate surface area is 161 Å². The van der Waals surface area contributed by atoms with Gasteiger partial charge in [0.05, 0.1) is 17.7 Å². The second-order valence-electron chi connectivity index (χ2n) is 8.72. The lowest BCUT2D eigenvalue weighted by Gasteiger charge is -2.33. The van der Waals surface area contributed by atoms with Crippen LogP contribution in [0.15, 0.2) is 10.9 Å². The molecule has 1 aliphatic heterocycles. The minimum Gasteiger partial charge on any atom is -0.353 e. The zero-order valence-corrected chi connectivity index (χ0v) is 16.5. The van der Waals surface area contributed by atoms with Crippen LogP contribution in [0.1, 0.15) is 68.7 Å². The quantitative estimate of drug-likeness (QED) is 0.882. The number of nitrogens with one attached hydrogen (secondary N) is 1. The van der Waals surface area contributed by atoms with Crippen LogP contribution in [-0.2, 0) is 17.6 Å². The molecule has 4 rings (SSSR count). The van der Waals surface area contributed by atoms with E-state index in [2.05, 4.69) is 17.3 Å². The Hall–Kier alpha value is -1.69. The Balaban J connectivity index is 1.34. The second kappa shape index (κ2) is 8.13. The summed E-state index contributed by atoms with van der Waals surface area (Å²) in [5, 5.41) is 7.99. The van der Waals surface area contributed by atoms with Crippen molar-refractivity contribution in [2.24, 2.45) is 5.92 Å². The normalized spacial score (nSPS) is 29.1. The van der Waals surface area contributed by atoms with Crippen LogP contribution in [0.4, 0.5) is 0 Å². The van der Waals surface area contributed by atoms with Crippen LogP contribution < -0.4 is 10.9 Å². The van der Waals surface area contributed by atoms with Gasteiger partial charge in [-0.15, -0.1) is 0 Å². The molecule has 148 valence electrons. The fourth-order valence-electron chi connectivity index (χ4n) is 5.00. The zero-order valence-electron chi connectivity index (χ0n) is 16.5. The Morgan fingerprint density at radius 1 is 1.11 bits per heavy atom. The number of carbonyl (C=O) groups is 1. The van der Waals surface area contributed by atoms with Crippen LogP contribution in [0.2, 0.25) is 0 Å². The molecule has 1 amide bonds. The first-order valence-corrected chi connectivity index (χ1v) is 10.7. The Morgan fingerprint density at radius 3 is 2.67 bits per heavy atom. The van der Waals surface area contributed by atoms with E-state index in [0.717, 1.165) is 75.7 Å². The lowest BCUT2D eigenvalue weighted by atomic mass is 9.90. The summed E-state index contributed by atoms with van der Waals surface area (Å²) in [7, 11) is 2.09. The maximum absolute atomic E-state index is 12.6. The summed E-state index contributed by atoms with van der Waals surface area (Å²) in [4.78, 5) is 27.3. The second-order valence-corrected chi connectivity index (χ2v) is 8.72. The van der Waals surface area contributed by atoms with Crippen molar-refractivity contribution in [3.05, 3.63) is 27.7 Å². The Bertz CT molecular complexity index is 736. The Morgan fingerprint density at radius 2 is 1.89 bits per heavy atom. The summed E-state index contributed by atoms with van der Waals surface area (Å²) in [5.74, 6) is 0.348. The molecule has 6 nitrogen and oxygen atoms in total. The molecule has 0 radical (unpaired) electrons. The van der Waals surface area contributed by atoms with Crippen molar-refractivity contribution in [2.45, 2.75) is 76.3 Å². The third-order valence-electron chi connectivity index (χ3n) is 6.62. The van der Waals surface area contributed by atoms with E-state index < -0.39 is 0 Å². The number of piperidine rings is 1. The molecule has 1 aromatic heterocycles. The highest BCUT2D eigenvalue weighted by molar-refractivity contribution is 5.79. The molecule has 0 bridgehead atoms. The zero-order chi connectivity index (χ0) is 18.8. The summed E-state index contributed by atoms with van der Waals surface area (Å²) >= 11 is 0. The van der Waals surface area contributed by atoms with Crippen molar-refractivity contribution < 1.29 is 4.79 Å². The van der Waals surface area contributed by atoms with Crippen molar-refractivity contribution in [1.29, 1.82) is 0 Å². The molecule has 1 saturated carbocycles. The molecule has 2 heterocycles. The van der Waals surface area contributed by atoms with Gasteiger partial charge in [0.25, 0.3) is 5.56 Å². The smallest absolute Gasteiger partial charge is 0.267 e. The third kappa shape index (κ3) is 4.26. The van der Waals surface area contributed by atoms with Crippen LogP contribution in [0, 0.1) is 5.92 Å². The molecule has 1 saturated heterocycles. The number of aryl methyl sites for hydroxylation is 2. The van der Waals surface area contributed by atoms with E-state index in [-0.39, 0.29) is 29.5 Å². The molecule has 2 fully saturated rings. The fraction of sp³-hybridized carbons (Fsp3) is 0.762. The van der Waals surface area contributed by atoms with Crippen LogP contribution in [0.25, 0.3) is 0 Å². The van der Waals surface area contributed by atoms with E-state index in [1.165, 1.54) is 12.8 Å². The van der Waals surface area contributed by atoms with Gasteiger partial charge in [-0.05, 0) is 83.4 Å². The molecular formula is C21H32N4O2. The first kappa shape index (κ1) is 18.7. The molecule has 27 heavy (non-hydrogen) atoms. The average Bonchev–Trinajstić information content (AvgIpc) is 2.68. The third-order valence-corrected chi connectivity index (χ3v) is 6.62. The lowest BCUT2D eigenvalue weighted by molar-refractivity contribution is -0.127. The summed E-state index contributed by atoms with van der Waals surface area (Å²) < 4.78 is 1.73. The Kier molecular flexibility index (Phi) is 5.62. The van der Waals surface area contributed by atoms with Crippen molar-refractivity contribution in [1.82, 2.24) is 20.0 Å². The first-order chi connectivity index (χ1) is 13.1. The molecule has 0 spiro atoms. The topological polar surface area (TPSA) is 67.2 Å². The standard InChI is InChI=1S/C21H32N4O2/c1-24-12-4-6-16(14-24)21(27)22-17-8-10-18(11-9-17)25-20(26)13-15-5-2-3-7-19(15)23-25/h13,16-18H,2-12,14H2,1H3,(H,22,27). The average molecular weight is 373 g/mol. The van der Waals surface area contributed by atoms with E-state index >= 15 is 0 Å². The van der Waals surface area contributed by atoms with Crippen LogP contribution in [-0.4, -0.2) is 46.8 Å². The predicted octanol–water partition coefficient (Wildman–Crippen LogP) is 2.06.